The number of aromatic hydroxyl groups is 1. The Morgan fingerprint density at radius 1 is 1.10 bits per heavy atom. The van der Waals surface area contributed by atoms with Crippen LogP contribution in [0.1, 0.15) is 55.9 Å². The number of nitriles is 1. The van der Waals surface area contributed by atoms with Gasteiger partial charge in [-0.25, -0.2) is 8.42 Å². The molecule has 9 nitrogen and oxygen atoms in total. The van der Waals surface area contributed by atoms with E-state index in [0.29, 0.717) is 17.5 Å². The number of hydrogen-bond donors (Lipinski definition) is 1. The lowest BCUT2D eigenvalue weighted by Crippen LogP contribution is -2.28. The van der Waals surface area contributed by atoms with Gasteiger partial charge in [-0.3, -0.25) is 14.3 Å². The molecule has 4 aromatic rings. The number of sulfone groups is 1. The summed E-state index contributed by atoms with van der Waals surface area (Å²) in [7, 11) is -4.47. The van der Waals surface area contributed by atoms with Gasteiger partial charge in [-0.15, -0.1) is 0 Å². The van der Waals surface area contributed by atoms with Gasteiger partial charge in [0.05, 0.1) is 28.7 Å². The van der Waals surface area contributed by atoms with Crippen molar-refractivity contribution in [1.82, 2.24) is 14.5 Å². The highest BCUT2D eigenvalue weighted by molar-refractivity contribution is 7.91. The Kier molecular flexibility index (Phi) is 8.47. The van der Waals surface area contributed by atoms with E-state index in [2.05, 4.69) is 16.0 Å². The van der Waals surface area contributed by atoms with E-state index in [-0.39, 0.29) is 23.4 Å². The third kappa shape index (κ3) is 5.66. The predicted molar refractivity (Wildman–Crippen MR) is 150 cm³/mol. The molecule has 1 N–H and O–H groups in total. The molecule has 0 bridgehead atoms. The Morgan fingerprint density at radius 2 is 1.82 bits per heavy atom. The van der Waals surface area contributed by atoms with Crippen LogP contribution in [0.2, 0.25) is 0 Å². The Bertz CT molecular complexity index is 1740. The van der Waals surface area contributed by atoms with Crippen molar-refractivity contribution in [2.45, 2.75) is 62.7 Å². The summed E-state index contributed by atoms with van der Waals surface area (Å²) in [6.45, 7) is 7.19. The van der Waals surface area contributed by atoms with Crippen LogP contribution in [-0.2, 0) is 21.2 Å². The number of ether oxygens (including phenoxy) is 1. The third-order valence-corrected chi connectivity index (χ3v) is 8.32. The molecule has 0 spiro atoms. The summed E-state index contributed by atoms with van der Waals surface area (Å²) in [4.78, 5) is 20.6. The SMILES string of the molecule is CC[C@@H](c1cccc(C#N)c1)n1c(COC(C)C)nc(=O)c(S(=O)(=O)c2ccc(-c3cccnc3C)cc2)c1O. The monoisotopic (exact) mass is 558 g/mol. The number of rotatable bonds is 9. The van der Waals surface area contributed by atoms with E-state index >= 15 is 0 Å². The number of hydrogen-bond acceptors (Lipinski definition) is 8. The van der Waals surface area contributed by atoms with Crippen LogP contribution in [0, 0.1) is 18.3 Å². The highest BCUT2D eigenvalue weighted by Gasteiger charge is 2.32. The highest BCUT2D eigenvalue weighted by Crippen LogP contribution is 2.34. The maximum Gasteiger partial charge on any atom is 0.296 e. The smallest absolute Gasteiger partial charge is 0.296 e. The molecule has 206 valence electrons. The molecule has 1 atom stereocenters. The van der Waals surface area contributed by atoms with Crippen LogP contribution >= 0.6 is 0 Å². The molecule has 0 aliphatic heterocycles. The fraction of sp³-hybridized carbons (Fsp3) is 0.267. The maximum absolute atomic E-state index is 13.8. The van der Waals surface area contributed by atoms with E-state index in [9.17, 15) is 23.6 Å². The number of nitrogens with zero attached hydrogens (tertiary/aromatic N) is 4. The Balaban J connectivity index is 1.88. The average molecular weight is 559 g/mol. The van der Waals surface area contributed by atoms with Crippen molar-refractivity contribution >= 4 is 9.84 Å². The van der Waals surface area contributed by atoms with Crippen LogP contribution in [0.5, 0.6) is 5.88 Å². The lowest BCUT2D eigenvalue weighted by atomic mass is 10.0. The van der Waals surface area contributed by atoms with Gasteiger partial charge in [0.25, 0.3) is 5.56 Å². The fourth-order valence-electron chi connectivity index (χ4n) is 4.56. The molecule has 0 saturated carbocycles. The second-order valence-electron chi connectivity index (χ2n) is 9.54. The largest absolute Gasteiger partial charge is 0.493 e. The first-order chi connectivity index (χ1) is 19.1. The van der Waals surface area contributed by atoms with Crippen molar-refractivity contribution in [2.24, 2.45) is 0 Å². The number of aryl methyl sites for hydroxylation is 1. The van der Waals surface area contributed by atoms with Gasteiger partial charge in [-0.05, 0) is 68.7 Å². The summed E-state index contributed by atoms with van der Waals surface area (Å²) in [5.41, 5.74) is 2.36. The second-order valence-corrected chi connectivity index (χ2v) is 11.4. The zero-order valence-corrected chi connectivity index (χ0v) is 23.5. The van der Waals surface area contributed by atoms with Gasteiger partial charge in [0, 0.05) is 17.5 Å². The zero-order chi connectivity index (χ0) is 29.0. The number of aromatic nitrogens is 3. The molecule has 0 aliphatic rings. The van der Waals surface area contributed by atoms with Gasteiger partial charge in [-0.2, -0.15) is 10.2 Å². The Labute approximate surface area is 233 Å². The van der Waals surface area contributed by atoms with E-state index in [1.165, 1.54) is 16.7 Å². The van der Waals surface area contributed by atoms with E-state index in [1.807, 2.05) is 33.8 Å². The minimum atomic E-state index is -4.47. The van der Waals surface area contributed by atoms with Gasteiger partial charge in [0.15, 0.2) is 4.90 Å². The van der Waals surface area contributed by atoms with Crippen LogP contribution in [-0.4, -0.2) is 34.2 Å². The lowest BCUT2D eigenvalue weighted by molar-refractivity contribution is 0.0571. The fourth-order valence-corrected chi connectivity index (χ4v) is 5.90. The Morgan fingerprint density at radius 3 is 2.45 bits per heavy atom. The van der Waals surface area contributed by atoms with Gasteiger partial charge in [0.1, 0.15) is 12.4 Å². The van der Waals surface area contributed by atoms with Crippen molar-refractivity contribution < 1.29 is 18.3 Å². The van der Waals surface area contributed by atoms with Crippen LogP contribution in [0.25, 0.3) is 11.1 Å². The van der Waals surface area contributed by atoms with Crippen LogP contribution in [0.15, 0.2) is 81.4 Å². The zero-order valence-electron chi connectivity index (χ0n) is 22.7. The number of pyridine rings is 1. The molecule has 40 heavy (non-hydrogen) atoms. The molecule has 0 saturated heterocycles. The number of benzene rings is 2. The third-order valence-electron chi connectivity index (χ3n) is 6.53. The van der Waals surface area contributed by atoms with Crippen LogP contribution in [0.4, 0.5) is 0 Å². The molecule has 2 aromatic carbocycles. The first-order valence-corrected chi connectivity index (χ1v) is 14.3. The predicted octanol–water partition coefficient (Wildman–Crippen LogP) is 4.95. The molecule has 2 heterocycles. The molecule has 0 radical (unpaired) electrons. The van der Waals surface area contributed by atoms with Gasteiger partial charge in [-0.1, -0.05) is 37.3 Å². The van der Waals surface area contributed by atoms with Gasteiger partial charge < -0.3 is 9.84 Å². The summed E-state index contributed by atoms with van der Waals surface area (Å²) in [5, 5.41) is 20.9. The molecule has 0 amide bonds. The molecule has 0 fully saturated rings. The first-order valence-electron chi connectivity index (χ1n) is 12.8. The topological polar surface area (TPSA) is 135 Å². The van der Waals surface area contributed by atoms with Crippen molar-refractivity contribution in [3.05, 3.63) is 99.9 Å². The normalized spacial score (nSPS) is 12.3. The lowest BCUT2D eigenvalue weighted by Gasteiger charge is -2.25. The molecule has 0 unspecified atom stereocenters. The standard InChI is InChI=1S/C30H30N4O5S/c1-5-26(23-9-6-8-21(16-23)17-31)34-27(18-39-19(2)3)33-29(35)28(30(34)36)40(37,38)24-13-11-22(12-14-24)25-10-7-15-32-20(25)4/h6-16,19,26,36H,5,18H2,1-4H3/t26-/m0/s1. The molecule has 10 heteroatoms. The van der Waals surface area contributed by atoms with E-state index in [1.54, 1.807) is 48.7 Å². The Hall–Kier alpha value is -4.33. The molecule has 4 rings (SSSR count). The summed E-state index contributed by atoms with van der Waals surface area (Å²) in [6.07, 6.45) is 1.87. The average Bonchev–Trinajstić information content (AvgIpc) is 2.94. The maximum atomic E-state index is 13.8. The molecular weight excluding hydrogens is 528 g/mol. The van der Waals surface area contributed by atoms with Crippen molar-refractivity contribution in [3.8, 4) is 23.1 Å². The van der Waals surface area contributed by atoms with Crippen molar-refractivity contribution in [3.63, 3.8) is 0 Å². The first kappa shape index (κ1) is 28.7. The van der Waals surface area contributed by atoms with E-state index in [4.69, 9.17) is 4.74 Å². The molecular formula is C30H30N4O5S. The van der Waals surface area contributed by atoms with Crippen LogP contribution < -0.4 is 5.56 Å². The summed E-state index contributed by atoms with van der Waals surface area (Å²) in [6, 6.07) is 18.0. The van der Waals surface area contributed by atoms with Crippen molar-refractivity contribution in [1.29, 1.82) is 5.26 Å². The second kappa shape index (κ2) is 11.8. The van der Waals surface area contributed by atoms with Gasteiger partial charge in [0.2, 0.25) is 15.7 Å². The van der Waals surface area contributed by atoms with E-state index in [0.717, 1.165) is 16.8 Å². The van der Waals surface area contributed by atoms with E-state index < -0.39 is 32.2 Å². The van der Waals surface area contributed by atoms with Gasteiger partial charge >= 0.3 is 0 Å². The highest BCUT2D eigenvalue weighted by atomic mass is 32.2. The minimum Gasteiger partial charge on any atom is -0.493 e. The minimum absolute atomic E-state index is 0.0757. The molecule has 0 aliphatic carbocycles. The quantitative estimate of drug-likeness (QED) is 0.305. The van der Waals surface area contributed by atoms with Crippen molar-refractivity contribution in [2.75, 3.05) is 0 Å². The van der Waals surface area contributed by atoms with Crippen LogP contribution in [0.3, 0.4) is 0 Å². The molecule has 2 aromatic heterocycles. The summed E-state index contributed by atoms with van der Waals surface area (Å²) >= 11 is 0. The summed E-state index contributed by atoms with van der Waals surface area (Å²) < 4.78 is 34.5. The summed E-state index contributed by atoms with van der Waals surface area (Å²) in [5.74, 6) is -0.657.